The summed E-state index contributed by atoms with van der Waals surface area (Å²) in [4.78, 5) is 5.53. The van der Waals surface area contributed by atoms with Crippen LogP contribution < -0.4 is 0 Å². The van der Waals surface area contributed by atoms with E-state index in [1.807, 2.05) is 37.4 Å². The lowest BCUT2D eigenvalue weighted by Crippen LogP contribution is -2.15. The molecule has 0 radical (unpaired) electrons. The van der Waals surface area contributed by atoms with E-state index >= 15 is 0 Å². The molecule has 0 unspecified atom stereocenters. The Morgan fingerprint density at radius 2 is 1.16 bits per heavy atom. The third-order valence-corrected chi connectivity index (χ3v) is 7.46. The topological polar surface area (TPSA) is 0 Å². The molecule has 1 heterocycles. The molecule has 3 aromatic rings. The highest BCUT2D eigenvalue weighted by Gasteiger charge is 2.36. The minimum Gasteiger partial charge on any atom is -0.0877 e. The maximum absolute atomic E-state index is 2.43. The molecule has 0 saturated heterocycles. The summed E-state index contributed by atoms with van der Waals surface area (Å²) in [6.07, 6.45) is 0. The zero-order chi connectivity index (χ0) is 17.6. The summed E-state index contributed by atoms with van der Waals surface area (Å²) in [5.41, 5.74) is 5.81. The SMILES string of the molecule is CC.CC1(C)c2ccccc2-c2cc3c(cc21)Sc1ccccc1S3. The summed E-state index contributed by atoms with van der Waals surface area (Å²) in [6, 6.07) is 22.4. The lowest BCUT2D eigenvalue weighted by molar-refractivity contribution is 0.657. The molecule has 0 amide bonds. The van der Waals surface area contributed by atoms with E-state index in [4.69, 9.17) is 0 Å². The van der Waals surface area contributed by atoms with Crippen molar-refractivity contribution in [3.05, 3.63) is 71.8 Å². The molecule has 2 heteroatoms. The van der Waals surface area contributed by atoms with Gasteiger partial charge in [-0.1, -0.05) is 87.6 Å². The van der Waals surface area contributed by atoms with Crippen LogP contribution in [0.25, 0.3) is 11.1 Å². The van der Waals surface area contributed by atoms with E-state index in [0.717, 1.165) is 0 Å². The van der Waals surface area contributed by atoms with Gasteiger partial charge in [-0.3, -0.25) is 0 Å². The van der Waals surface area contributed by atoms with Crippen molar-refractivity contribution in [2.24, 2.45) is 0 Å². The van der Waals surface area contributed by atoms with Crippen molar-refractivity contribution in [1.29, 1.82) is 0 Å². The van der Waals surface area contributed by atoms with Crippen molar-refractivity contribution in [2.75, 3.05) is 0 Å². The highest BCUT2D eigenvalue weighted by atomic mass is 32.2. The molecule has 0 fully saturated rings. The van der Waals surface area contributed by atoms with E-state index in [2.05, 4.69) is 74.5 Å². The van der Waals surface area contributed by atoms with Crippen LogP contribution >= 0.6 is 23.5 Å². The van der Waals surface area contributed by atoms with Crippen LogP contribution in [0.15, 0.2) is 80.2 Å². The first-order valence-electron chi connectivity index (χ1n) is 8.88. The highest BCUT2D eigenvalue weighted by molar-refractivity contribution is 8.05. The van der Waals surface area contributed by atoms with Gasteiger partial charge in [-0.2, -0.15) is 0 Å². The smallest absolute Gasteiger partial charge is 0.0268 e. The molecule has 0 spiro atoms. The third kappa shape index (κ3) is 2.54. The molecule has 0 bridgehead atoms. The van der Waals surface area contributed by atoms with Gasteiger partial charge < -0.3 is 0 Å². The van der Waals surface area contributed by atoms with Crippen LogP contribution in [-0.4, -0.2) is 0 Å². The average Bonchev–Trinajstić information content (AvgIpc) is 2.87. The molecule has 1 aliphatic heterocycles. The van der Waals surface area contributed by atoms with Gasteiger partial charge in [0.05, 0.1) is 0 Å². The van der Waals surface area contributed by atoms with E-state index < -0.39 is 0 Å². The fraction of sp³-hybridized carbons (Fsp3) is 0.217. The molecule has 0 saturated carbocycles. The van der Waals surface area contributed by atoms with Crippen LogP contribution in [0.5, 0.6) is 0 Å². The molecular weight excluding hydrogens is 340 g/mol. The van der Waals surface area contributed by atoms with Gasteiger partial charge in [-0.15, -0.1) is 0 Å². The Labute approximate surface area is 159 Å². The minimum atomic E-state index is 0.0865. The van der Waals surface area contributed by atoms with Gasteiger partial charge in [0.15, 0.2) is 0 Å². The fourth-order valence-corrected chi connectivity index (χ4v) is 6.00. The van der Waals surface area contributed by atoms with Crippen LogP contribution in [0.3, 0.4) is 0 Å². The summed E-state index contributed by atoms with van der Waals surface area (Å²) < 4.78 is 0. The Balaban J connectivity index is 0.000000758. The summed E-state index contributed by atoms with van der Waals surface area (Å²) in [5, 5.41) is 0. The summed E-state index contributed by atoms with van der Waals surface area (Å²) in [6.45, 7) is 8.69. The number of fused-ring (bicyclic) bond motifs is 5. The maximum atomic E-state index is 2.43. The van der Waals surface area contributed by atoms with Crippen molar-refractivity contribution in [3.8, 4) is 11.1 Å². The predicted molar refractivity (Wildman–Crippen MR) is 110 cm³/mol. The Hall–Kier alpha value is -1.64. The van der Waals surface area contributed by atoms with Crippen LogP contribution in [-0.2, 0) is 5.41 Å². The average molecular weight is 363 g/mol. The Bertz CT molecular complexity index is 954. The second-order valence-electron chi connectivity index (χ2n) is 6.67. The van der Waals surface area contributed by atoms with Crippen LogP contribution in [0.4, 0.5) is 0 Å². The number of hydrogen-bond acceptors (Lipinski definition) is 2. The molecule has 1 aliphatic carbocycles. The van der Waals surface area contributed by atoms with Gasteiger partial charge in [0.2, 0.25) is 0 Å². The molecule has 25 heavy (non-hydrogen) atoms. The van der Waals surface area contributed by atoms with Gasteiger partial charge in [-0.05, 0) is 46.5 Å². The predicted octanol–water partition coefficient (Wildman–Crippen LogP) is 7.63. The monoisotopic (exact) mass is 362 g/mol. The first-order valence-corrected chi connectivity index (χ1v) is 10.5. The first-order chi connectivity index (χ1) is 12.1. The molecule has 0 atom stereocenters. The molecule has 3 aromatic carbocycles. The Morgan fingerprint density at radius 3 is 1.84 bits per heavy atom. The number of rotatable bonds is 0. The van der Waals surface area contributed by atoms with Gasteiger partial charge >= 0.3 is 0 Å². The maximum Gasteiger partial charge on any atom is 0.0268 e. The standard InChI is InChI=1S/C21H16S2.C2H6/c1-21(2)15-8-4-3-7-13(15)14-11-19-20(12-16(14)21)23-18-10-6-5-9-17(18)22-19;1-2/h3-12H,1-2H3;1-2H3. The molecule has 2 aliphatic rings. The fourth-order valence-electron chi connectivity index (χ4n) is 3.72. The van der Waals surface area contributed by atoms with E-state index in [1.54, 1.807) is 0 Å². The summed E-state index contributed by atoms with van der Waals surface area (Å²) >= 11 is 3.81. The third-order valence-electron chi connectivity index (χ3n) is 4.94. The van der Waals surface area contributed by atoms with E-state index in [-0.39, 0.29) is 5.41 Å². The molecular formula is C23H22S2. The van der Waals surface area contributed by atoms with Crippen molar-refractivity contribution in [2.45, 2.75) is 52.7 Å². The van der Waals surface area contributed by atoms with Gasteiger partial charge in [0.1, 0.15) is 0 Å². The van der Waals surface area contributed by atoms with Crippen LogP contribution in [0.1, 0.15) is 38.8 Å². The minimum absolute atomic E-state index is 0.0865. The normalized spacial score (nSPS) is 15.2. The first kappa shape index (κ1) is 16.8. The van der Waals surface area contributed by atoms with Gasteiger partial charge in [0, 0.05) is 25.0 Å². The van der Waals surface area contributed by atoms with Crippen molar-refractivity contribution in [1.82, 2.24) is 0 Å². The summed E-state index contributed by atoms with van der Waals surface area (Å²) in [5.74, 6) is 0. The van der Waals surface area contributed by atoms with E-state index in [9.17, 15) is 0 Å². The van der Waals surface area contributed by atoms with Crippen molar-refractivity contribution < 1.29 is 0 Å². The lowest BCUT2D eigenvalue weighted by atomic mass is 9.82. The Kier molecular flexibility index (Phi) is 4.21. The molecule has 0 nitrogen and oxygen atoms in total. The molecule has 0 aromatic heterocycles. The zero-order valence-electron chi connectivity index (χ0n) is 15.1. The molecule has 5 rings (SSSR count). The number of benzene rings is 3. The van der Waals surface area contributed by atoms with Crippen molar-refractivity contribution in [3.63, 3.8) is 0 Å². The number of hydrogen-bond donors (Lipinski definition) is 0. The van der Waals surface area contributed by atoms with Gasteiger partial charge in [0.25, 0.3) is 0 Å². The molecule has 126 valence electrons. The highest BCUT2D eigenvalue weighted by Crippen LogP contribution is 2.55. The van der Waals surface area contributed by atoms with Crippen LogP contribution in [0.2, 0.25) is 0 Å². The van der Waals surface area contributed by atoms with E-state index in [1.165, 1.54) is 41.8 Å². The second-order valence-corrected chi connectivity index (χ2v) is 8.83. The Morgan fingerprint density at radius 1 is 0.600 bits per heavy atom. The quantitative estimate of drug-likeness (QED) is 0.315. The zero-order valence-corrected chi connectivity index (χ0v) is 16.7. The lowest BCUT2D eigenvalue weighted by Gasteiger charge is -2.24. The molecule has 0 N–H and O–H groups in total. The summed E-state index contributed by atoms with van der Waals surface area (Å²) in [7, 11) is 0. The largest absolute Gasteiger partial charge is 0.0877 e. The van der Waals surface area contributed by atoms with Gasteiger partial charge in [-0.25, -0.2) is 0 Å². The van der Waals surface area contributed by atoms with E-state index in [0.29, 0.717) is 0 Å². The van der Waals surface area contributed by atoms with Crippen molar-refractivity contribution >= 4 is 23.5 Å². The second kappa shape index (κ2) is 6.26. The van der Waals surface area contributed by atoms with Crippen LogP contribution in [0, 0.1) is 0 Å².